The first-order valence-electron chi connectivity index (χ1n) is 5.71. The molecule has 0 radical (unpaired) electrons. The van der Waals surface area contributed by atoms with Gasteiger partial charge < -0.3 is 0 Å². The van der Waals surface area contributed by atoms with Gasteiger partial charge in [0.25, 0.3) is 5.91 Å². The molecule has 90 valence electrons. The molecule has 0 spiro atoms. The maximum atomic E-state index is 11.7. The molecule has 2 aromatic rings. The predicted octanol–water partition coefficient (Wildman–Crippen LogP) is 2.76. The van der Waals surface area contributed by atoms with Crippen LogP contribution in [0.2, 0.25) is 0 Å². The number of amides is 1. The van der Waals surface area contributed by atoms with Crippen LogP contribution in [-0.2, 0) is 0 Å². The summed E-state index contributed by atoms with van der Waals surface area (Å²) in [5, 5.41) is 3.92. The second-order valence-corrected chi connectivity index (χ2v) is 3.98. The molecule has 0 saturated carbocycles. The van der Waals surface area contributed by atoms with Crippen molar-refractivity contribution in [3.8, 4) is 0 Å². The summed E-state index contributed by atoms with van der Waals surface area (Å²) < 4.78 is 0. The van der Waals surface area contributed by atoms with Crippen LogP contribution < -0.4 is 5.43 Å². The molecule has 0 aliphatic rings. The Hall–Kier alpha value is -2.42. The molecule has 1 amide bonds. The third kappa shape index (κ3) is 3.28. The fraction of sp³-hybridized carbons (Fsp3) is 0.0667. The Kier molecular flexibility index (Phi) is 3.86. The van der Waals surface area contributed by atoms with Crippen LogP contribution in [0.3, 0.4) is 0 Å². The number of carbonyl (C=O) groups excluding carboxylic acids is 1. The zero-order chi connectivity index (χ0) is 12.8. The maximum absolute atomic E-state index is 11.7. The van der Waals surface area contributed by atoms with Crippen LogP contribution in [0.4, 0.5) is 0 Å². The van der Waals surface area contributed by atoms with Crippen LogP contribution in [0.15, 0.2) is 59.7 Å². The molecule has 2 aromatic carbocycles. The second-order valence-electron chi connectivity index (χ2n) is 3.98. The topological polar surface area (TPSA) is 41.5 Å². The van der Waals surface area contributed by atoms with E-state index in [0.29, 0.717) is 5.56 Å². The first-order chi connectivity index (χ1) is 8.75. The summed E-state index contributed by atoms with van der Waals surface area (Å²) in [4.78, 5) is 11.7. The average molecular weight is 238 g/mol. The summed E-state index contributed by atoms with van der Waals surface area (Å²) in [5.74, 6) is -0.209. The molecule has 18 heavy (non-hydrogen) atoms. The summed E-state index contributed by atoms with van der Waals surface area (Å²) in [6.07, 6.45) is 1.63. The van der Waals surface area contributed by atoms with Gasteiger partial charge in [-0.15, -0.1) is 0 Å². The molecule has 0 fully saturated rings. The maximum Gasteiger partial charge on any atom is 0.271 e. The SMILES string of the molecule is Cc1ccc(C=NNC(=O)c2ccccc2)cc1. The normalized spacial score (nSPS) is 10.5. The summed E-state index contributed by atoms with van der Waals surface area (Å²) in [7, 11) is 0. The minimum absolute atomic E-state index is 0.209. The monoisotopic (exact) mass is 238 g/mol. The first-order valence-corrected chi connectivity index (χ1v) is 5.71. The molecule has 0 unspecified atom stereocenters. The van der Waals surface area contributed by atoms with Gasteiger partial charge in [0, 0.05) is 5.56 Å². The lowest BCUT2D eigenvalue weighted by Gasteiger charge is -1.99. The van der Waals surface area contributed by atoms with Crippen molar-refractivity contribution in [3.05, 3.63) is 71.3 Å². The Morgan fingerprint density at radius 3 is 2.39 bits per heavy atom. The first kappa shape index (κ1) is 12.0. The van der Waals surface area contributed by atoms with E-state index < -0.39 is 0 Å². The van der Waals surface area contributed by atoms with Gasteiger partial charge in [-0.2, -0.15) is 5.10 Å². The molecular formula is C15H14N2O. The Labute approximate surface area is 106 Å². The predicted molar refractivity (Wildman–Crippen MR) is 72.7 cm³/mol. The molecule has 3 heteroatoms. The Balaban J connectivity index is 1.96. The summed E-state index contributed by atoms with van der Waals surface area (Å²) in [5.41, 5.74) is 5.24. The van der Waals surface area contributed by atoms with Gasteiger partial charge in [-0.25, -0.2) is 5.43 Å². The highest BCUT2D eigenvalue weighted by molar-refractivity contribution is 5.94. The molecule has 0 aliphatic heterocycles. The van der Waals surface area contributed by atoms with E-state index in [1.807, 2.05) is 49.4 Å². The van der Waals surface area contributed by atoms with Gasteiger partial charge in [-0.1, -0.05) is 48.0 Å². The molecule has 1 N–H and O–H groups in total. The second kappa shape index (κ2) is 5.77. The van der Waals surface area contributed by atoms with Gasteiger partial charge in [-0.05, 0) is 24.6 Å². The van der Waals surface area contributed by atoms with Crippen LogP contribution in [0.1, 0.15) is 21.5 Å². The Morgan fingerprint density at radius 2 is 1.72 bits per heavy atom. The minimum atomic E-state index is -0.209. The highest BCUT2D eigenvalue weighted by atomic mass is 16.2. The van der Waals surface area contributed by atoms with Crippen molar-refractivity contribution in [2.24, 2.45) is 5.10 Å². The Morgan fingerprint density at radius 1 is 1.06 bits per heavy atom. The third-order valence-corrected chi connectivity index (χ3v) is 2.49. The van der Waals surface area contributed by atoms with Gasteiger partial charge in [0.15, 0.2) is 0 Å². The van der Waals surface area contributed by atoms with Crippen LogP contribution in [0.25, 0.3) is 0 Å². The number of carbonyl (C=O) groups is 1. The molecule has 0 aromatic heterocycles. The van der Waals surface area contributed by atoms with E-state index in [2.05, 4.69) is 10.5 Å². The van der Waals surface area contributed by atoms with Gasteiger partial charge in [0.1, 0.15) is 0 Å². The van der Waals surface area contributed by atoms with Crippen molar-refractivity contribution >= 4 is 12.1 Å². The molecule has 0 bridgehead atoms. The van der Waals surface area contributed by atoms with E-state index in [1.54, 1.807) is 18.3 Å². The lowest BCUT2D eigenvalue weighted by Crippen LogP contribution is -2.17. The average Bonchev–Trinajstić information content (AvgIpc) is 2.42. The van der Waals surface area contributed by atoms with E-state index in [0.717, 1.165) is 5.56 Å². The molecule has 3 nitrogen and oxygen atoms in total. The number of aryl methyl sites for hydroxylation is 1. The van der Waals surface area contributed by atoms with E-state index in [4.69, 9.17) is 0 Å². The van der Waals surface area contributed by atoms with Crippen molar-refractivity contribution in [2.75, 3.05) is 0 Å². The zero-order valence-electron chi connectivity index (χ0n) is 10.1. The minimum Gasteiger partial charge on any atom is -0.267 e. The fourth-order valence-corrected chi connectivity index (χ4v) is 1.47. The molecule has 2 rings (SSSR count). The van der Waals surface area contributed by atoms with Crippen LogP contribution >= 0.6 is 0 Å². The number of hydrogen-bond donors (Lipinski definition) is 1. The largest absolute Gasteiger partial charge is 0.271 e. The van der Waals surface area contributed by atoms with Gasteiger partial charge in [0.05, 0.1) is 6.21 Å². The smallest absolute Gasteiger partial charge is 0.267 e. The number of hydrazone groups is 1. The van der Waals surface area contributed by atoms with Gasteiger partial charge >= 0.3 is 0 Å². The van der Waals surface area contributed by atoms with E-state index in [-0.39, 0.29) is 5.91 Å². The molecule has 0 saturated heterocycles. The fourth-order valence-electron chi connectivity index (χ4n) is 1.47. The number of benzene rings is 2. The number of hydrogen-bond acceptors (Lipinski definition) is 2. The molecule has 0 heterocycles. The summed E-state index contributed by atoms with van der Waals surface area (Å²) >= 11 is 0. The molecule has 0 aliphatic carbocycles. The van der Waals surface area contributed by atoms with Crippen LogP contribution in [-0.4, -0.2) is 12.1 Å². The van der Waals surface area contributed by atoms with E-state index in [9.17, 15) is 4.79 Å². The van der Waals surface area contributed by atoms with Gasteiger partial charge in [0.2, 0.25) is 0 Å². The zero-order valence-corrected chi connectivity index (χ0v) is 10.1. The summed E-state index contributed by atoms with van der Waals surface area (Å²) in [6.45, 7) is 2.03. The van der Waals surface area contributed by atoms with Crippen molar-refractivity contribution in [3.63, 3.8) is 0 Å². The van der Waals surface area contributed by atoms with E-state index in [1.165, 1.54) is 5.56 Å². The van der Waals surface area contributed by atoms with Crippen molar-refractivity contribution in [1.82, 2.24) is 5.43 Å². The summed E-state index contributed by atoms with van der Waals surface area (Å²) in [6, 6.07) is 16.9. The molecule has 0 atom stereocenters. The number of nitrogens with one attached hydrogen (secondary N) is 1. The Bertz CT molecular complexity index is 544. The number of rotatable bonds is 3. The molecular weight excluding hydrogens is 224 g/mol. The lowest BCUT2D eigenvalue weighted by molar-refractivity contribution is 0.0955. The quantitative estimate of drug-likeness (QED) is 0.648. The number of nitrogens with zero attached hydrogens (tertiary/aromatic N) is 1. The third-order valence-electron chi connectivity index (χ3n) is 2.49. The van der Waals surface area contributed by atoms with Crippen LogP contribution in [0, 0.1) is 6.92 Å². The van der Waals surface area contributed by atoms with Crippen molar-refractivity contribution in [2.45, 2.75) is 6.92 Å². The van der Waals surface area contributed by atoms with Crippen molar-refractivity contribution < 1.29 is 4.79 Å². The lowest BCUT2D eigenvalue weighted by atomic mass is 10.2. The van der Waals surface area contributed by atoms with Crippen LogP contribution in [0.5, 0.6) is 0 Å². The highest BCUT2D eigenvalue weighted by Gasteiger charge is 2.01. The standard InChI is InChI=1S/C15H14N2O/c1-12-7-9-13(10-8-12)11-16-17-15(18)14-5-3-2-4-6-14/h2-11H,1H3,(H,17,18). The van der Waals surface area contributed by atoms with E-state index >= 15 is 0 Å². The van der Waals surface area contributed by atoms with Gasteiger partial charge in [-0.3, -0.25) is 4.79 Å². The highest BCUT2D eigenvalue weighted by Crippen LogP contribution is 2.00. The van der Waals surface area contributed by atoms with Crippen molar-refractivity contribution in [1.29, 1.82) is 0 Å².